The van der Waals surface area contributed by atoms with E-state index in [0.717, 1.165) is 0 Å². The summed E-state index contributed by atoms with van der Waals surface area (Å²) in [5.41, 5.74) is 6.35. The summed E-state index contributed by atoms with van der Waals surface area (Å²) in [6, 6.07) is 4.28. The average Bonchev–Trinajstić information content (AvgIpc) is 2.48. The number of rotatable bonds is 1. The van der Waals surface area contributed by atoms with Crippen LogP contribution in [0.25, 0.3) is 0 Å². The summed E-state index contributed by atoms with van der Waals surface area (Å²) in [5, 5.41) is 9.44. The van der Waals surface area contributed by atoms with Crippen LogP contribution in [0.1, 0.15) is 10.4 Å². The first-order chi connectivity index (χ1) is 9.52. The van der Waals surface area contributed by atoms with Gasteiger partial charge in [-0.1, -0.05) is 0 Å². The number of anilines is 1. The van der Waals surface area contributed by atoms with E-state index in [1.54, 1.807) is 4.90 Å². The Kier molecular flexibility index (Phi) is 3.97. The van der Waals surface area contributed by atoms with Gasteiger partial charge in [-0.15, -0.1) is 0 Å². The fourth-order valence-corrected chi connectivity index (χ4v) is 2.12. The van der Waals surface area contributed by atoms with Crippen molar-refractivity contribution in [3.8, 4) is 5.75 Å². The summed E-state index contributed by atoms with van der Waals surface area (Å²) < 4.78 is 4.64. The van der Waals surface area contributed by atoms with Gasteiger partial charge in [0.25, 0.3) is 5.91 Å². The summed E-state index contributed by atoms with van der Waals surface area (Å²) in [6.07, 6.45) is -0.394. The summed E-state index contributed by atoms with van der Waals surface area (Å²) in [4.78, 5) is 26.8. The second-order valence-corrected chi connectivity index (χ2v) is 4.52. The second-order valence-electron chi connectivity index (χ2n) is 4.52. The van der Waals surface area contributed by atoms with Crippen LogP contribution < -0.4 is 5.73 Å². The molecule has 1 aromatic rings. The monoisotopic (exact) mass is 279 g/mol. The van der Waals surface area contributed by atoms with Crippen LogP contribution in [-0.2, 0) is 4.74 Å². The lowest BCUT2D eigenvalue weighted by molar-refractivity contribution is 0.0600. The first-order valence-electron chi connectivity index (χ1n) is 6.23. The molecule has 0 aliphatic carbocycles. The van der Waals surface area contributed by atoms with Gasteiger partial charge in [0.1, 0.15) is 5.75 Å². The van der Waals surface area contributed by atoms with E-state index in [1.165, 1.54) is 30.2 Å². The molecule has 0 spiro atoms. The van der Waals surface area contributed by atoms with Crippen molar-refractivity contribution in [3.63, 3.8) is 0 Å². The van der Waals surface area contributed by atoms with Crippen LogP contribution in [-0.4, -0.2) is 60.2 Å². The number of piperazine rings is 1. The number of hydrogen-bond donors (Lipinski definition) is 2. The maximum atomic E-state index is 12.3. The van der Waals surface area contributed by atoms with Gasteiger partial charge in [-0.05, 0) is 18.2 Å². The smallest absolute Gasteiger partial charge is 0.409 e. The number of nitrogens with two attached hydrogens (primary N) is 1. The third-order valence-corrected chi connectivity index (χ3v) is 3.27. The summed E-state index contributed by atoms with van der Waals surface area (Å²) >= 11 is 0. The molecule has 0 saturated carbocycles. The van der Waals surface area contributed by atoms with Crippen LogP contribution in [0.15, 0.2) is 18.2 Å². The van der Waals surface area contributed by atoms with Crippen molar-refractivity contribution in [1.29, 1.82) is 0 Å². The van der Waals surface area contributed by atoms with Crippen molar-refractivity contribution in [1.82, 2.24) is 9.80 Å². The Morgan fingerprint density at radius 2 is 1.80 bits per heavy atom. The number of carbonyl (C=O) groups is 2. The summed E-state index contributed by atoms with van der Waals surface area (Å²) in [6.45, 7) is 1.64. The maximum Gasteiger partial charge on any atom is 0.409 e. The zero-order valence-electron chi connectivity index (χ0n) is 11.2. The van der Waals surface area contributed by atoms with E-state index in [-0.39, 0.29) is 17.2 Å². The largest absolute Gasteiger partial charge is 0.508 e. The van der Waals surface area contributed by atoms with E-state index in [1.807, 2.05) is 0 Å². The van der Waals surface area contributed by atoms with Crippen LogP contribution in [0.4, 0.5) is 10.5 Å². The van der Waals surface area contributed by atoms with Crippen molar-refractivity contribution in [2.45, 2.75) is 0 Å². The number of hydrogen-bond acceptors (Lipinski definition) is 5. The lowest BCUT2D eigenvalue weighted by Gasteiger charge is -2.34. The Labute approximate surface area is 116 Å². The lowest BCUT2D eigenvalue weighted by Crippen LogP contribution is -2.50. The molecule has 108 valence electrons. The lowest BCUT2D eigenvalue weighted by atomic mass is 10.1. The molecule has 1 fully saturated rings. The van der Waals surface area contributed by atoms with Gasteiger partial charge in [0.2, 0.25) is 0 Å². The number of nitrogen functional groups attached to an aromatic ring is 1. The molecule has 2 amide bonds. The Morgan fingerprint density at radius 3 is 2.40 bits per heavy atom. The fourth-order valence-electron chi connectivity index (χ4n) is 2.12. The van der Waals surface area contributed by atoms with E-state index in [9.17, 15) is 14.7 Å². The van der Waals surface area contributed by atoms with Crippen molar-refractivity contribution < 1.29 is 19.4 Å². The Morgan fingerprint density at radius 1 is 1.20 bits per heavy atom. The topological polar surface area (TPSA) is 96.1 Å². The van der Waals surface area contributed by atoms with Crippen molar-refractivity contribution >= 4 is 17.7 Å². The minimum absolute atomic E-state index is 0.00394. The van der Waals surface area contributed by atoms with Crippen LogP contribution in [0, 0.1) is 0 Å². The molecule has 0 aromatic heterocycles. The molecule has 0 unspecified atom stereocenters. The number of methoxy groups -OCH3 is 1. The zero-order valence-corrected chi connectivity index (χ0v) is 11.2. The molecule has 2 rings (SSSR count). The first kappa shape index (κ1) is 14.0. The molecule has 1 aliphatic heterocycles. The molecule has 1 aromatic carbocycles. The van der Waals surface area contributed by atoms with Gasteiger partial charge < -0.3 is 25.4 Å². The van der Waals surface area contributed by atoms with Crippen molar-refractivity contribution in [2.75, 3.05) is 39.0 Å². The number of ether oxygens (including phenoxy) is 1. The highest BCUT2D eigenvalue weighted by atomic mass is 16.5. The number of nitrogens with zero attached hydrogens (tertiary/aromatic N) is 2. The molecule has 7 nitrogen and oxygen atoms in total. The molecular formula is C13H17N3O4. The molecule has 0 atom stereocenters. The molecule has 0 radical (unpaired) electrons. The Bertz CT molecular complexity index is 524. The number of phenolic OH excluding ortho intramolecular Hbond substituents is 1. The summed E-state index contributed by atoms with van der Waals surface area (Å²) in [5.74, 6) is -0.251. The summed E-state index contributed by atoms with van der Waals surface area (Å²) in [7, 11) is 1.33. The number of carbonyl (C=O) groups excluding carboxylic acids is 2. The number of phenols is 1. The first-order valence-corrected chi connectivity index (χ1v) is 6.23. The minimum Gasteiger partial charge on any atom is -0.508 e. The van der Waals surface area contributed by atoms with Gasteiger partial charge in [0.15, 0.2) is 0 Å². The van der Waals surface area contributed by atoms with E-state index >= 15 is 0 Å². The highest BCUT2D eigenvalue weighted by Crippen LogP contribution is 2.20. The van der Waals surface area contributed by atoms with Crippen LogP contribution in [0.2, 0.25) is 0 Å². The third-order valence-electron chi connectivity index (χ3n) is 3.27. The number of amides is 2. The molecule has 1 heterocycles. The standard InChI is InChI=1S/C13H17N3O4/c1-20-13(19)16-6-4-15(5-7-16)12(18)10-8-9(17)2-3-11(10)14/h2-3,8,17H,4-7,14H2,1H3. The predicted octanol–water partition coefficient (Wildman–Crippen LogP) is 0.499. The predicted molar refractivity (Wildman–Crippen MR) is 72.4 cm³/mol. The van der Waals surface area contributed by atoms with E-state index in [4.69, 9.17) is 5.73 Å². The molecule has 20 heavy (non-hydrogen) atoms. The van der Waals surface area contributed by atoms with Gasteiger partial charge in [0.05, 0.1) is 12.7 Å². The van der Waals surface area contributed by atoms with E-state index < -0.39 is 6.09 Å². The van der Waals surface area contributed by atoms with E-state index in [2.05, 4.69) is 4.74 Å². The molecule has 1 saturated heterocycles. The highest BCUT2D eigenvalue weighted by molar-refractivity contribution is 5.99. The quantitative estimate of drug-likeness (QED) is 0.576. The minimum atomic E-state index is -0.394. The fraction of sp³-hybridized carbons (Fsp3) is 0.385. The van der Waals surface area contributed by atoms with Crippen LogP contribution in [0.5, 0.6) is 5.75 Å². The van der Waals surface area contributed by atoms with Gasteiger partial charge in [-0.25, -0.2) is 4.79 Å². The zero-order chi connectivity index (χ0) is 14.7. The molecule has 1 aliphatic rings. The number of aromatic hydroxyl groups is 1. The van der Waals surface area contributed by atoms with Gasteiger partial charge in [-0.2, -0.15) is 0 Å². The molecular weight excluding hydrogens is 262 g/mol. The number of benzene rings is 1. The highest BCUT2D eigenvalue weighted by Gasteiger charge is 2.26. The van der Waals surface area contributed by atoms with Gasteiger partial charge in [0, 0.05) is 31.9 Å². The van der Waals surface area contributed by atoms with Crippen molar-refractivity contribution in [2.24, 2.45) is 0 Å². The van der Waals surface area contributed by atoms with Gasteiger partial charge in [-0.3, -0.25) is 4.79 Å². The molecule has 7 heteroatoms. The van der Waals surface area contributed by atoms with Crippen LogP contribution >= 0.6 is 0 Å². The maximum absolute atomic E-state index is 12.3. The second kappa shape index (κ2) is 5.68. The Balaban J connectivity index is 2.05. The normalized spacial score (nSPS) is 15.1. The van der Waals surface area contributed by atoms with Crippen molar-refractivity contribution in [3.05, 3.63) is 23.8 Å². The van der Waals surface area contributed by atoms with E-state index in [0.29, 0.717) is 31.9 Å². The van der Waals surface area contributed by atoms with Crippen LogP contribution in [0.3, 0.4) is 0 Å². The average molecular weight is 279 g/mol. The molecule has 3 N–H and O–H groups in total. The molecule has 0 bridgehead atoms. The third kappa shape index (κ3) is 2.76. The SMILES string of the molecule is COC(=O)N1CCN(C(=O)c2cc(O)ccc2N)CC1. The van der Waals surface area contributed by atoms with Gasteiger partial charge >= 0.3 is 6.09 Å². The Hall–Kier alpha value is -2.44.